The maximum absolute atomic E-state index is 12.7. The molecular weight excluding hydrogens is 340 g/mol. The van der Waals surface area contributed by atoms with Crippen LogP contribution in [0.1, 0.15) is 37.8 Å². The fourth-order valence-electron chi connectivity index (χ4n) is 2.97. The molecule has 2 N–H and O–H groups in total. The normalized spacial score (nSPS) is 13.1. The summed E-state index contributed by atoms with van der Waals surface area (Å²) < 4.78 is 10.9. The monoisotopic (exact) mass is 371 g/mol. The molecule has 0 heterocycles. The number of para-hydroxylation sites is 1. The highest BCUT2D eigenvalue weighted by molar-refractivity contribution is 5.93. The van der Waals surface area contributed by atoms with Crippen LogP contribution < -0.4 is 19.7 Å². The van der Waals surface area contributed by atoms with Crippen LogP contribution in [0, 0.1) is 0 Å². The highest BCUT2D eigenvalue weighted by Crippen LogP contribution is 2.30. The number of amides is 1. The van der Waals surface area contributed by atoms with E-state index in [2.05, 4.69) is 31.3 Å². The first-order valence-electron chi connectivity index (χ1n) is 9.30. The van der Waals surface area contributed by atoms with Gasteiger partial charge in [-0.25, -0.2) is 0 Å². The molecule has 2 aromatic rings. The predicted octanol–water partition coefficient (Wildman–Crippen LogP) is 2.87. The highest BCUT2D eigenvalue weighted by Gasteiger charge is 2.24. The second kappa shape index (κ2) is 9.42. The van der Waals surface area contributed by atoms with Crippen molar-refractivity contribution in [3.63, 3.8) is 0 Å². The molecule has 146 valence electrons. The van der Waals surface area contributed by atoms with Gasteiger partial charge in [-0.05, 0) is 42.7 Å². The molecule has 0 fully saturated rings. The number of rotatable bonds is 8. The number of nitrogens with one attached hydrogen (secondary N) is 2. The first kappa shape index (κ1) is 20.8. The van der Waals surface area contributed by atoms with E-state index in [4.69, 9.17) is 9.47 Å². The van der Waals surface area contributed by atoms with E-state index in [1.807, 2.05) is 44.3 Å². The van der Waals surface area contributed by atoms with Crippen LogP contribution in [-0.2, 0) is 11.3 Å². The Bertz CT molecular complexity index is 757. The lowest BCUT2D eigenvalue weighted by Crippen LogP contribution is -3.12. The van der Waals surface area contributed by atoms with Crippen molar-refractivity contribution in [3.05, 3.63) is 53.6 Å². The molecule has 0 aliphatic rings. The van der Waals surface area contributed by atoms with Gasteiger partial charge in [-0.2, -0.15) is 0 Å². The molecule has 2 atom stereocenters. The molecule has 0 bridgehead atoms. The third-order valence-electron chi connectivity index (χ3n) is 4.93. The first-order chi connectivity index (χ1) is 12.9. The second-order valence-corrected chi connectivity index (χ2v) is 7.16. The minimum absolute atomic E-state index is 0.00772. The van der Waals surface area contributed by atoms with Crippen LogP contribution in [-0.4, -0.2) is 33.2 Å². The Labute approximate surface area is 162 Å². The van der Waals surface area contributed by atoms with Gasteiger partial charge in [0.15, 0.2) is 17.5 Å². The van der Waals surface area contributed by atoms with Gasteiger partial charge in [-0.3, -0.25) is 4.79 Å². The lowest BCUT2D eigenvalue weighted by atomic mass is 10.0. The minimum Gasteiger partial charge on any atom is -0.493 e. The fourth-order valence-corrected chi connectivity index (χ4v) is 2.97. The van der Waals surface area contributed by atoms with Crippen molar-refractivity contribution >= 4 is 11.6 Å². The summed E-state index contributed by atoms with van der Waals surface area (Å²) in [4.78, 5) is 13.7. The van der Waals surface area contributed by atoms with Crippen LogP contribution in [0.3, 0.4) is 0 Å². The number of carbonyl (C=O) groups is 1. The number of hydrogen-bond donors (Lipinski definition) is 2. The Balaban J connectivity index is 2.04. The average Bonchev–Trinajstić information content (AvgIpc) is 2.67. The van der Waals surface area contributed by atoms with Crippen molar-refractivity contribution < 1.29 is 19.2 Å². The highest BCUT2D eigenvalue weighted by atomic mass is 16.5. The largest absolute Gasteiger partial charge is 0.493 e. The van der Waals surface area contributed by atoms with Gasteiger partial charge in [-0.1, -0.05) is 32.0 Å². The summed E-state index contributed by atoms with van der Waals surface area (Å²) in [7, 11) is 5.26. The van der Waals surface area contributed by atoms with Gasteiger partial charge in [0.2, 0.25) is 0 Å². The van der Waals surface area contributed by atoms with E-state index >= 15 is 0 Å². The molecule has 0 saturated heterocycles. The molecule has 0 spiro atoms. The number of carbonyl (C=O) groups excluding carboxylic acids is 1. The average molecular weight is 372 g/mol. The second-order valence-electron chi connectivity index (χ2n) is 7.16. The lowest BCUT2D eigenvalue weighted by Gasteiger charge is -2.22. The maximum Gasteiger partial charge on any atom is 0.282 e. The summed E-state index contributed by atoms with van der Waals surface area (Å²) in [6.07, 6.45) is 0. The number of hydrogen-bond acceptors (Lipinski definition) is 3. The Hall–Kier alpha value is -2.53. The molecule has 1 unspecified atom stereocenters. The van der Waals surface area contributed by atoms with Crippen LogP contribution in [0.5, 0.6) is 11.5 Å². The van der Waals surface area contributed by atoms with Gasteiger partial charge < -0.3 is 19.7 Å². The molecule has 1 amide bonds. The van der Waals surface area contributed by atoms with E-state index in [0.29, 0.717) is 18.2 Å². The summed E-state index contributed by atoms with van der Waals surface area (Å²) in [6, 6.07) is 13.6. The molecule has 2 aromatic carbocycles. The van der Waals surface area contributed by atoms with Crippen molar-refractivity contribution in [2.45, 2.75) is 39.3 Å². The standard InChI is InChI=1S/C22H30N2O3/c1-15(2)17-10-12-19(13-11-17)23-22(25)16(3)24(4)14-18-8-7-9-20(26-5)21(18)27-6/h7-13,15-16H,14H2,1-6H3,(H,23,25)/p+1/t16-/m0/s1. The van der Waals surface area contributed by atoms with Gasteiger partial charge in [0, 0.05) is 5.69 Å². The summed E-state index contributed by atoms with van der Waals surface area (Å²) in [5, 5.41) is 3.01. The molecular formula is C22H31N2O3+. The van der Waals surface area contributed by atoms with Crippen LogP contribution in [0.15, 0.2) is 42.5 Å². The zero-order valence-corrected chi connectivity index (χ0v) is 17.1. The van der Waals surface area contributed by atoms with Crippen LogP contribution in [0.4, 0.5) is 5.69 Å². The quantitative estimate of drug-likeness (QED) is 0.750. The van der Waals surface area contributed by atoms with E-state index in [0.717, 1.165) is 21.9 Å². The van der Waals surface area contributed by atoms with Crippen LogP contribution >= 0.6 is 0 Å². The molecule has 5 nitrogen and oxygen atoms in total. The molecule has 5 heteroatoms. The lowest BCUT2D eigenvalue weighted by molar-refractivity contribution is -0.907. The predicted molar refractivity (Wildman–Crippen MR) is 109 cm³/mol. The Morgan fingerprint density at radius 2 is 1.70 bits per heavy atom. The van der Waals surface area contributed by atoms with E-state index in [9.17, 15) is 4.79 Å². The molecule has 0 aromatic heterocycles. The third-order valence-corrected chi connectivity index (χ3v) is 4.93. The summed E-state index contributed by atoms with van der Waals surface area (Å²) in [5.74, 6) is 1.88. The zero-order chi connectivity index (χ0) is 20.0. The summed E-state index contributed by atoms with van der Waals surface area (Å²) in [5.41, 5.74) is 3.09. The Morgan fingerprint density at radius 3 is 2.26 bits per heavy atom. The molecule has 0 aliphatic carbocycles. The first-order valence-corrected chi connectivity index (χ1v) is 9.30. The minimum atomic E-state index is -0.217. The number of quaternary nitrogens is 1. The van der Waals surface area contributed by atoms with Crippen molar-refractivity contribution in [2.24, 2.45) is 0 Å². The van der Waals surface area contributed by atoms with Crippen molar-refractivity contribution in [3.8, 4) is 11.5 Å². The summed E-state index contributed by atoms with van der Waals surface area (Å²) >= 11 is 0. The molecule has 27 heavy (non-hydrogen) atoms. The SMILES string of the molecule is COc1cccc(C[NH+](C)[C@@H](C)C(=O)Nc2ccc(C(C)C)cc2)c1OC. The number of anilines is 1. The van der Waals surface area contributed by atoms with E-state index in [1.165, 1.54) is 5.56 Å². The fraction of sp³-hybridized carbons (Fsp3) is 0.409. The van der Waals surface area contributed by atoms with Gasteiger partial charge in [-0.15, -0.1) is 0 Å². The number of likely N-dealkylation sites (N-methyl/N-ethyl adjacent to an activating group) is 1. The van der Waals surface area contributed by atoms with Gasteiger partial charge >= 0.3 is 0 Å². The third kappa shape index (κ3) is 5.23. The number of methoxy groups -OCH3 is 2. The molecule has 2 rings (SSSR count). The zero-order valence-electron chi connectivity index (χ0n) is 17.1. The van der Waals surface area contributed by atoms with Crippen LogP contribution in [0.2, 0.25) is 0 Å². The van der Waals surface area contributed by atoms with Crippen LogP contribution in [0.25, 0.3) is 0 Å². The number of benzene rings is 2. The maximum atomic E-state index is 12.7. The van der Waals surface area contributed by atoms with E-state index < -0.39 is 0 Å². The van der Waals surface area contributed by atoms with Gasteiger partial charge in [0.1, 0.15) is 6.54 Å². The van der Waals surface area contributed by atoms with Gasteiger partial charge in [0.05, 0.1) is 26.8 Å². The van der Waals surface area contributed by atoms with Crippen molar-refractivity contribution in [2.75, 3.05) is 26.6 Å². The molecule has 0 saturated carbocycles. The van der Waals surface area contributed by atoms with E-state index in [1.54, 1.807) is 14.2 Å². The topological polar surface area (TPSA) is 52.0 Å². The van der Waals surface area contributed by atoms with Crippen molar-refractivity contribution in [1.82, 2.24) is 0 Å². The van der Waals surface area contributed by atoms with Crippen molar-refractivity contribution in [1.29, 1.82) is 0 Å². The molecule has 0 radical (unpaired) electrons. The van der Waals surface area contributed by atoms with E-state index in [-0.39, 0.29) is 11.9 Å². The van der Waals surface area contributed by atoms with Gasteiger partial charge in [0.25, 0.3) is 5.91 Å². The molecule has 0 aliphatic heterocycles. The summed E-state index contributed by atoms with van der Waals surface area (Å²) in [6.45, 7) is 6.89. The smallest absolute Gasteiger partial charge is 0.282 e. The Kier molecular flexibility index (Phi) is 7.25. The number of ether oxygens (including phenoxy) is 2. The Morgan fingerprint density at radius 1 is 1.04 bits per heavy atom.